The van der Waals surface area contributed by atoms with Gasteiger partial charge in [-0.1, -0.05) is 18.2 Å². The van der Waals surface area contributed by atoms with Crippen molar-refractivity contribution < 1.29 is 36.8 Å². The highest BCUT2D eigenvalue weighted by Crippen LogP contribution is 2.12. The standard InChI is InChI=1S/C14H18O7/c15-7-11(18)13(20)14(21)12(19)10(17)6-3-8-1-4-9(16)5-2-8/h1-6,11-16,18-21H,7H2/t11-,12+,13-,14-/m1/s1/i6D. The van der Waals surface area contributed by atoms with Gasteiger partial charge in [0.1, 0.15) is 30.2 Å². The monoisotopic (exact) mass is 299 g/mol. The minimum atomic E-state index is -2.13. The van der Waals surface area contributed by atoms with Gasteiger partial charge in [-0.15, -0.1) is 0 Å². The Bertz CT molecular complexity index is 528. The molecule has 1 aromatic carbocycles. The predicted octanol–water partition coefficient (Wildman–Crippen LogP) is -1.59. The fraction of sp³-hybridized carbons (Fsp3) is 0.357. The summed E-state index contributed by atoms with van der Waals surface area (Å²) in [6.07, 6.45) is -6.74. The first-order valence-corrected chi connectivity index (χ1v) is 6.12. The number of rotatable bonds is 7. The Morgan fingerprint density at radius 3 is 2.24 bits per heavy atom. The van der Waals surface area contributed by atoms with Gasteiger partial charge < -0.3 is 30.6 Å². The Morgan fingerprint density at radius 2 is 1.71 bits per heavy atom. The van der Waals surface area contributed by atoms with Crippen LogP contribution < -0.4 is 0 Å². The van der Waals surface area contributed by atoms with Crippen molar-refractivity contribution in [3.05, 3.63) is 35.9 Å². The number of aliphatic hydroxyl groups is 5. The normalized spacial score (nSPS) is 18.5. The molecule has 0 aliphatic carbocycles. The van der Waals surface area contributed by atoms with Crippen LogP contribution in [-0.2, 0) is 4.79 Å². The van der Waals surface area contributed by atoms with Gasteiger partial charge in [0.05, 0.1) is 7.98 Å². The number of phenolic OH excluding ortho intramolecular Hbond substituents is 1. The summed E-state index contributed by atoms with van der Waals surface area (Å²) in [7, 11) is 0. The Kier molecular flexibility index (Phi) is 5.85. The van der Waals surface area contributed by atoms with Gasteiger partial charge in [0, 0.05) is 0 Å². The smallest absolute Gasteiger partial charge is 0.186 e. The van der Waals surface area contributed by atoms with Crippen molar-refractivity contribution >= 4 is 11.9 Å². The average Bonchev–Trinajstić information content (AvgIpc) is 2.53. The lowest BCUT2D eigenvalue weighted by Gasteiger charge is -2.24. The summed E-state index contributed by atoms with van der Waals surface area (Å²) in [5.41, 5.74) is 0.411. The third kappa shape index (κ3) is 4.92. The third-order valence-corrected chi connectivity index (χ3v) is 2.80. The molecule has 0 unspecified atom stereocenters. The fourth-order valence-electron chi connectivity index (χ4n) is 1.49. The molecule has 7 heteroatoms. The highest BCUT2D eigenvalue weighted by Gasteiger charge is 2.32. The highest BCUT2D eigenvalue weighted by atomic mass is 16.4. The van der Waals surface area contributed by atoms with E-state index >= 15 is 0 Å². The molecule has 0 aliphatic rings. The Morgan fingerprint density at radius 1 is 1.14 bits per heavy atom. The molecule has 0 aliphatic heterocycles. The van der Waals surface area contributed by atoms with E-state index in [-0.39, 0.29) is 5.75 Å². The molecule has 0 bridgehead atoms. The van der Waals surface area contributed by atoms with Gasteiger partial charge in [-0.2, -0.15) is 0 Å². The third-order valence-electron chi connectivity index (χ3n) is 2.80. The molecular formula is C14H18O7. The first-order chi connectivity index (χ1) is 10.3. The van der Waals surface area contributed by atoms with Crippen LogP contribution in [0.1, 0.15) is 6.93 Å². The molecule has 0 fully saturated rings. The summed E-state index contributed by atoms with van der Waals surface area (Å²) in [4.78, 5) is 11.8. The zero-order valence-corrected chi connectivity index (χ0v) is 11.0. The number of carbonyl (C=O) groups excluding carboxylic acids is 1. The second-order valence-electron chi connectivity index (χ2n) is 4.42. The highest BCUT2D eigenvalue weighted by molar-refractivity contribution is 5.97. The summed E-state index contributed by atoms with van der Waals surface area (Å²) in [5, 5.41) is 55.6. The Balaban J connectivity index is 2.82. The molecule has 0 heterocycles. The second-order valence-corrected chi connectivity index (χ2v) is 4.42. The van der Waals surface area contributed by atoms with Crippen molar-refractivity contribution in [1.82, 2.24) is 0 Å². The summed E-state index contributed by atoms with van der Waals surface area (Å²) in [5.74, 6) is -1.16. The minimum absolute atomic E-state index is 0.00609. The number of aromatic hydroxyl groups is 1. The van der Waals surface area contributed by atoms with Gasteiger partial charge in [0.15, 0.2) is 5.78 Å². The summed E-state index contributed by atoms with van der Waals surface area (Å²) >= 11 is 0. The van der Waals surface area contributed by atoms with Crippen molar-refractivity contribution in [1.29, 1.82) is 0 Å². The number of phenols is 1. The van der Waals surface area contributed by atoms with Crippen molar-refractivity contribution in [2.75, 3.05) is 6.61 Å². The van der Waals surface area contributed by atoms with Crippen molar-refractivity contribution in [2.45, 2.75) is 24.4 Å². The summed E-state index contributed by atoms with van der Waals surface area (Å²) < 4.78 is 7.57. The molecule has 1 aromatic rings. The molecule has 6 N–H and O–H groups in total. The van der Waals surface area contributed by atoms with E-state index in [1.165, 1.54) is 24.3 Å². The van der Waals surface area contributed by atoms with Gasteiger partial charge in [-0.05, 0) is 23.7 Å². The maximum atomic E-state index is 11.8. The van der Waals surface area contributed by atoms with E-state index in [0.717, 1.165) is 6.08 Å². The lowest BCUT2D eigenvalue weighted by molar-refractivity contribution is -0.142. The Labute approximate surface area is 122 Å². The molecule has 0 radical (unpaired) electrons. The van der Waals surface area contributed by atoms with E-state index in [1.54, 1.807) is 0 Å². The van der Waals surface area contributed by atoms with E-state index < -0.39 is 42.9 Å². The average molecular weight is 299 g/mol. The van der Waals surface area contributed by atoms with Crippen molar-refractivity contribution in [3.8, 4) is 5.75 Å². The molecule has 0 spiro atoms. The van der Waals surface area contributed by atoms with Crippen LogP contribution in [0.2, 0.25) is 0 Å². The number of benzene rings is 1. The molecule has 1 rings (SSSR count). The SMILES string of the molecule is [2H]C(=Cc1ccc(O)cc1)C(=O)[C@H](O)[C@@H](O)[C@H](O)[C@H](O)CO. The van der Waals surface area contributed by atoms with Crippen LogP contribution in [-0.4, -0.2) is 67.4 Å². The van der Waals surface area contributed by atoms with E-state index in [9.17, 15) is 20.1 Å². The van der Waals surface area contributed by atoms with Crippen LogP contribution in [0.3, 0.4) is 0 Å². The molecule has 0 saturated heterocycles. The van der Waals surface area contributed by atoms with E-state index in [4.69, 9.17) is 16.7 Å². The molecule has 21 heavy (non-hydrogen) atoms. The van der Waals surface area contributed by atoms with Crippen LogP contribution in [0, 0.1) is 0 Å². The predicted molar refractivity (Wildman–Crippen MR) is 73.3 cm³/mol. The van der Waals surface area contributed by atoms with Crippen LogP contribution in [0.25, 0.3) is 6.08 Å². The molecular weight excluding hydrogens is 280 g/mol. The van der Waals surface area contributed by atoms with E-state index in [0.29, 0.717) is 5.56 Å². The maximum absolute atomic E-state index is 11.8. The molecule has 116 valence electrons. The summed E-state index contributed by atoms with van der Waals surface area (Å²) in [6, 6.07) is 4.92. The fourth-order valence-corrected chi connectivity index (χ4v) is 1.49. The van der Waals surface area contributed by atoms with E-state index in [1.807, 2.05) is 0 Å². The zero-order chi connectivity index (χ0) is 16.9. The molecule has 7 nitrogen and oxygen atoms in total. The Hall–Kier alpha value is -1.77. The summed E-state index contributed by atoms with van der Waals surface area (Å²) in [6.45, 7) is -0.865. The first-order valence-electron chi connectivity index (χ1n) is 6.62. The van der Waals surface area contributed by atoms with E-state index in [2.05, 4.69) is 0 Å². The van der Waals surface area contributed by atoms with Gasteiger partial charge in [0.25, 0.3) is 0 Å². The van der Waals surface area contributed by atoms with Crippen LogP contribution in [0.4, 0.5) is 0 Å². The molecule has 4 atom stereocenters. The first kappa shape index (κ1) is 15.6. The van der Waals surface area contributed by atoms with Gasteiger partial charge in [-0.25, -0.2) is 0 Å². The number of hydrogen-bond acceptors (Lipinski definition) is 7. The number of aliphatic hydroxyl groups excluding tert-OH is 5. The lowest BCUT2D eigenvalue weighted by atomic mass is 10.00. The topological polar surface area (TPSA) is 138 Å². The van der Waals surface area contributed by atoms with Crippen LogP contribution in [0.15, 0.2) is 30.3 Å². The zero-order valence-electron chi connectivity index (χ0n) is 12.0. The van der Waals surface area contributed by atoms with Crippen molar-refractivity contribution in [2.24, 2.45) is 0 Å². The number of carbonyl (C=O) groups is 1. The van der Waals surface area contributed by atoms with Gasteiger partial charge >= 0.3 is 0 Å². The largest absolute Gasteiger partial charge is 0.508 e. The van der Waals surface area contributed by atoms with Crippen LogP contribution >= 0.6 is 0 Å². The molecule has 0 aromatic heterocycles. The maximum Gasteiger partial charge on any atom is 0.186 e. The lowest BCUT2D eigenvalue weighted by Crippen LogP contribution is -2.48. The van der Waals surface area contributed by atoms with Crippen molar-refractivity contribution in [3.63, 3.8) is 0 Å². The van der Waals surface area contributed by atoms with Gasteiger partial charge in [-0.3, -0.25) is 4.79 Å². The minimum Gasteiger partial charge on any atom is -0.508 e. The van der Waals surface area contributed by atoms with Crippen LogP contribution in [0.5, 0.6) is 5.75 Å². The number of hydrogen-bond donors (Lipinski definition) is 6. The molecule has 0 saturated carbocycles. The molecule has 0 amide bonds. The number of ketones is 1. The second kappa shape index (κ2) is 7.87. The van der Waals surface area contributed by atoms with Gasteiger partial charge in [0.2, 0.25) is 0 Å². The quantitative estimate of drug-likeness (QED) is 0.334.